The van der Waals surface area contributed by atoms with Crippen molar-refractivity contribution in [3.05, 3.63) is 42.2 Å². The van der Waals surface area contributed by atoms with E-state index in [0.29, 0.717) is 6.04 Å². The molecule has 2 aliphatic rings. The Morgan fingerprint density at radius 1 is 1.07 bits per heavy atom. The zero-order valence-corrected chi connectivity index (χ0v) is 17.3. The summed E-state index contributed by atoms with van der Waals surface area (Å²) in [5.74, 6) is 1.15. The largest absolute Gasteiger partial charge is 0.354 e. The van der Waals surface area contributed by atoms with Crippen LogP contribution in [0, 0.1) is 12.8 Å². The third-order valence-corrected chi connectivity index (χ3v) is 6.66. The van der Waals surface area contributed by atoms with Crippen molar-refractivity contribution in [2.75, 3.05) is 18.0 Å². The highest BCUT2D eigenvalue weighted by Gasteiger charge is 2.29. The van der Waals surface area contributed by atoms with Crippen LogP contribution in [0.3, 0.4) is 0 Å². The van der Waals surface area contributed by atoms with Gasteiger partial charge in [0.1, 0.15) is 5.03 Å². The molecule has 1 amide bonds. The number of piperidine rings is 1. The van der Waals surface area contributed by atoms with Crippen molar-refractivity contribution < 1.29 is 4.79 Å². The summed E-state index contributed by atoms with van der Waals surface area (Å²) in [6.07, 6.45) is 10.2. The van der Waals surface area contributed by atoms with Crippen LogP contribution in [-0.2, 0) is 4.79 Å². The van der Waals surface area contributed by atoms with Crippen molar-refractivity contribution >= 4 is 23.5 Å². The Kier molecular flexibility index (Phi) is 6.15. The topological polar surface area (TPSA) is 58.1 Å². The maximum Gasteiger partial charge on any atom is 0.225 e. The van der Waals surface area contributed by atoms with Crippen LogP contribution in [-0.4, -0.2) is 35.0 Å². The molecular weight excluding hydrogens is 368 g/mol. The average Bonchev–Trinajstić information content (AvgIpc) is 3.23. The van der Waals surface area contributed by atoms with Gasteiger partial charge in [-0.05, 0) is 44.7 Å². The Hall–Kier alpha value is -2.08. The minimum absolute atomic E-state index is 0.0357. The summed E-state index contributed by atoms with van der Waals surface area (Å²) >= 11 is 1.64. The molecule has 5 nitrogen and oxygen atoms in total. The first-order valence-electron chi connectivity index (χ1n) is 10.3. The van der Waals surface area contributed by atoms with E-state index in [9.17, 15) is 4.79 Å². The third-order valence-electron chi connectivity index (χ3n) is 5.68. The van der Waals surface area contributed by atoms with Gasteiger partial charge in [-0.15, -0.1) is 0 Å². The summed E-state index contributed by atoms with van der Waals surface area (Å²) in [6.45, 7) is 3.73. The molecule has 148 valence electrons. The van der Waals surface area contributed by atoms with Gasteiger partial charge in [-0.2, -0.15) is 0 Å². The zero-order valence-electron chi connectivity index (χ0n) is 16.4. The van der Waals surface area contributed by atoms with Gasteiger partial charge in [-0.1, -0.05) is 42.3 Å². The highest BCUT2D eigenvalue weighted by molar-refractivity contribution is 7.99. The van der Waals surface area contributed by atoms with Crippen LogP contribution in [0.2, 0.25) is 0 Å². The molecule has 1 unspecified atom stereocenters. The zero-order chi connectivity index (χ0) is 19.3. The molecule has 1 N–H and O–H groups in total. The monoisotopic (exact) mass is 396 g/mol. The van der Waals surface area contributed by atoms with Gasteiger partial charge < -0.3 is 10.2 Å². The molecule has 1 saturated carbocycles. The molecule has 1 saturated heterocycles. The molecule has 1 atom stereocenters. The molecule has 0 radical (unpaired) electrons. The number of aromatic nitrogens is 2. The van der Waals surface area contributed by atoms with Crippen LogP contribution < -0.4 is 10.2 Å². The van der Waals surface area contributed by atoms with Gasteiger partial charge in [0.05, 0.1) is 5.92 Å². The molecule has 1 aromatic heterocycles. The van der Waals surface area contributed by atoms with Crippen LogP contribution in [0.1, 0.15) is 44.1 Å². The Morgan fingerprint density at radius 3 is 2.61 bits per heavy atom. The molecule has 2 fully saturated rings. The molecule has 1 aliphatic carbocycles. The maximum absolute atomic E-state index is 12.8. The van der Waals surface area contributed by atoms with E-state index in [1.165, 1.54) is 18.4 Å². The highest BCUT2D eigenvalue weighted by atomic mass is 32.2. The van der Waals surface area contributed by atoms with Gasteiger partial charge >= 0.3 is 0 Å². The fourth-order valence-corrected chi connectivity index (χ4v) is 4.98. The van der Waals surface area contributed by atoms with E-state index < -0.39 is 0 Å². The summed E-state index contributed by atoms with van der Waals surface area (Å²) in [4.78, 5) is 25.4. The average molecular weight is 397 g/mol. The Labute approximate surface area is 171 Å². The quantitative estimate of drug-likeness (QED) is 0.820. The Balaban J connectivity index is 1.45. The van der Waals surface area contributed by atoms with Gasteiger partial charge in [-0.3, -0.25) is 4.79 Å². The van der Waals surface area contributed by atoms with E-state index in [1.54, 1.807) is 24.2 Å². The summed E-state index contributed by atoms with van der Waals surface area (Å²) in [5.41, 5.74) is 1.25. The first-order chi connectivity index (χ1) is 13.7. The summed E-state index contributed by atoms with van der Waals surface area (Å²) in [6, 6.07) is 8.84. The van der Waals surface area contributed by atoms with Gasteiger partial charge in [0.25, 0.3) is 0 Å². The summed E-state index contributed by atoms with van der Waals surface area (Å²) < 4.78 is 0. The fourth-order valence-electron chi connectivity index (χ4n) is 4.10. The lowest BCUT2D eigenvalue weighted by Gasteiger charge is -2.34. The number of anilines is 1. The Morgan fingerprint density at radius 2 is 1.82 bits per heavy atom. The van der Waals surface area contributed by atoms with Crippen molar-refractivity contribution in [2.24, 2.45) is 5.92 Å². The molecule has 4 rings (SSSR count). The summed E-state index contributed by atoms with van der Waals surface area (Å²) in [5, 5.41) is 4.18. The molecule has 0 bridgehead atoms. The first-order valence-corrected chi connectivity index (χ1v) is 11.1. The van der Waals surface area contributed by atoms with E-state index in [1.807, 2.05) is 0 Å². The highest BCUT2D eigenvalue weighted by Crippen LogP contribution is 2.34. The lowest BCUT2D eigenvalue weighted by atomic mass is 9.96. The number of amides is 1. The normalized spacial score (nSPS) is 20.3. The van der Waals surface area contributed by atoms with Crippen LogP contribution in [0.15, 0.2) is 46.6 Å². The fraction of sp³-hybridized carbons (Fsp3) is 0.500. The molecule has 2 aromatic rings. The van der Waals surface area contributed by atoms with E-state index >= 15 is 0 Å². The number of nitrogens with one attached hydrogen (secondary N) is 1. The van der Waals surface area contributed by atoms with Crippen LogP contribution in [0.25, 0.3) is 0 Å². The molecule has 0 spiro atoms. The van der Waals surface area contributed by atoms with E-state index in [0.717, 1.165) is 54.5 Å². The van der Waals surface area contributed by atoms with Crippen molar-refractivity contribution in [1.82, 2.24) is 15.3 Å². The molecule has 28 heavy (non-hydrogen) atoms. The van der Waals surface area contributed by atoms with Crippen molar-refractivity contribution in [2.45, 2.75) is 61.4 Å². The lowest BCUT2D eigenvalue weighted by Crippen LogP contribution is -2.45. The second kappa shape index (κ2) is 8.95. The minimum atomic E-state index is 0.0357. The lowest BCUT2D eigenvalue weighted by molar-refractivity contribution is -0.125. The van der Waals surface area contributed by atoms with Gasteiger partial charge in [-0.25, -0.2) is 9.97 Å². The predicted molar refractivity (Wildman–Crippen MR) is 113 cm³/mol. The number of carbonyl (C=O) groups excluding carboxylic acids is 1. The number of carbonyl (C=O) groups is 1. The molecule has 1 aliphatic heterocycles. The number of hydrogen-bond donors (Lipinski definition) is 1. The number of aryl methyl sites for hydroxylation is 1. The van der Waals surface area contributed by atoms with E-state index in [2.05, 4.69) is 51.4 Å². The number of rotatable bonds is 5. The van der Waals surface area contributed by atoms with E-state index in [-0.39, 0.29) is 11.8 Å². The second-order valence-electron chi connectivity index (χ2n) is 7.88. The number of benzene rings is 1. The maximum atomic E-state index is 12.8. The van der Waals surface area contributed by atoms with Crippen molar-refractivity contribution in [3.63, 3.8) is 0 Å². The van der Waals surface area contributed by atoms with Gasteiger partial charge in [0.15, 0.2) is 5.82 Å². The van der Waals surface area contributed by atoms with Crippen molar-refractivity contribution in [1.29, 1.82) is 0 Å². The first kappa shape index (κ1) is 19.2. The molecule has 1 aromatic carbocycles. The number of hydrogen-bond acceptors (Lipinski definition) is 5. The van der Waals surface area contributed by atoms with E-state index in [4.69, 9.17) is 0 Å². The minimum Gasteiger partial charge on any atom is -0.354 e. The second-order valence-corrected chi connectivity index (χ2v) is 8.94. The SMILES string of the molecule is Cc1ccc(Sc2nccnc2N2CCCC(C(=O)NC3CCCC3)C2)cc1. The van der Waals surface area contributed by atoms with Crippen LogP contribution >= 0.6 is 11.8 Å². The van der Waals surface area contributed by atoms with Gasteiger partial charge in [0.2, 0.25) is 5.91 Å². The number of nitrogens with zero attached hydrogens (tertiary/aromatic N) is 3. The standard InChI is InChI=1S/C22H28N4OS/c1-16-8-10-19(11-9-16)28-22-20(23-12-13-24-22)26-14-4-5-17(15-26)21(27)25-18-6-2-3-7-18/h8-13,17-18H,2-7,14-15H2,1H3,(H,25,27). The molecule has 6 heteroatoms. The van der Waals surface area contributed by atoms with Crippen LogP contribution in [0.5, 0.6) is 0 Å². The van der Waals surface area contributed by atoms with Gasteiger partial charge in [0, 0.05) is 36.4 Å². The summed E-state index contributed by atoms with van der Waals surface area (Å²) in [7, 11) is 0. The predicted octanol–water partition coefficient (Wildman–Crippen LogP) is 4.21. The molecular formula is C22H28N4OS. The van der Waals surface area contributed by atoms with Crippen molar-refractivity contribution in [3.8, 4) is 0 Å². The molecule has 2 heterocycles. The third kappa shape index (κ3) is 4.66. The Bertz CT molecular complexity index is 804. The van der Waals surface area contributed by atoms with Crippen LogP contribution in [0.4, 0.5) is 5.82 Å². The smallest absolute Gasteiger partial charge is 0.225 e.